The number of nitrogens with one attached hydrogen (secondary N) is 2. The van der Waals surface area contributed by atoms with Crippen molar-refractivity contribution in [2.45, 2.75) is 57.3 Å². The van der Waals surface area contributed by atoms with Gasteiger partial charge in [-0.15, -0.1) is 0 Å². The fourth-order valence-corrected chi connectivity index (χ4v) is 3.87. The van der Waals surface area contributed by atoms with Crippen molar-refractivity contribution in [1.29, 1.82) is 0 Å². The number of carbonyl (C=O) groups is 1. The van der Waals surface area contributed by atoms with Crippen LogP contribution < -0.4 is 10.6 Å². The predicted molar refractivity (Wildman–Crippen MR) is 118 cm³/mol. The van der Waals surface area contributed by atoms with Crippen molar-refractivity contribution in [2.24, 2.45) is 0 Å². The van der Waals surface area contributed by atoms with Gasteiger partial charge in [0.2, 0.25) is 0 Å². The molecule has 0 saturated heterocycles. The van der Waals surface area contributed by atoms with Crippen molar-refractivity contribution in [3.63, 3.8) is 0 Å². The van der Waals surface area contributed by atoms with Gasteiger partial charge in [0.1, 0.15) is 6.17 Å². The largest absolute Gasteiger partial charge is 0.387 e. The normalized spacial score (nSPS) is 15.9. The summed E-state index contributed by atoms with van der Waals surface area (Å²) >= 11 is 0. The maximum atomic E-state index is 14.2. The maximum absolute atomic E-state index is 14.2. The van der Waals surface area contributed by atoms with Crippen LogP contribution in [0.25, 0.3) is 16.6 Å². The summed E-state index contributed by atoms with van der Waals surface area (Å²) in [6.45, 7) is 2.48. The Hall–Kier alpha value is -3.00. The summed E-state index contributed by atoms with van der Waals surface area (Å²) in [5.41, 5.74) is 2.19. The molecule has 3 heterocycles. The Bertz CT molecular complexity index is 1060. The average molecular weight is 426 g/mol. The highest BCUT2D eigenvalue weighted by Crippen LogP contribution is 2.31. The van der Waals surface area contributed by atoms with Crippen LogP contribution in [0.15, 0.2) is 43.0 Å². The van der Waals surface area contributed by atoms with Crippen molar-refractivity contribution in [2.75, 3.05) is 11.9 Å². The minimum Gasteiger partial charge on any atom is -0.387 e. The monoisotopic (exact) mass is 425 g/mol. The number of rotatable bonds is 7. The minimum atomic E-state index is -1.58. The van der Waals surface area contributed by atoms with Gasteiger partial charge in [-0.05, 0) is 38.8 Å². The summed E-state index contributed by atoms with van der Waals surface area (Å²) in [7, 11) is 0. The molecule has 1 aliphatic rings. The molecule has 1 atom stereocenters. The second kappa shape index (κ2) is 8.63. The second-order valence-corrected chi connectivity index (χ2v) is 8.69. The van der Waals surface area contributed by atoms with Crippen LogP contribution in [0.2, 0.25) is 0 Å². The molecule has 1 aliphatic carbocycles. The molecular formula is C23H28FN5O2. The fourth-order valence-electron chi connectivity index (χ4n) is 3.87. The van der Waals surface area contributed by atoms with Crippen molar-refractivity contribution in [3.05, 3.63) is 48.5 Å². The number of pyridine rings is 1. The quantitative estimate of drug-likeness (QED) is 0.538. The van der Waals surface area contributed by atoms with Gasteiger partial charge in [-0.1, -0.05) is 18.9 Å². The molecule has 0 aliphatic heterocycles. The Balaban J connectivity index is 1.69. The summed E-state index contributed by atoms with van der Waals surface area (Å²) in [6, 6.07) is 6.10. The van der Waals surface area contributed by atoms with Gasteiger partial charge < -0.3 is 15.7 Å². The zero-order valence-electron chi connectivity index (χ0n) is 17.8. The van der Waals surface area contributed by atoms with Gasteiger partial charge in [0.05, 0.1) is 35.1 Å². The molecule has 1 unspecified atom stereocenters. The van der Waals surface area contributed by atoms with E-state index in [4.69, 9.17) is 0 Å². The van der Waals surface area contributed by atoms with Gasteiger partial charge in [0.25, 0.3) is 5.91 Å². The molecule has 3 N–H and O–H groups in total. The first kappa shape index (κ1) is 21.2. The van der Waals surface area contributed by atoms with Crippen LogP contribution in [-0.2, 0) is 0 Å². The van der Waals surface area contributed by atoms with E-state index >= 15 is 0 Å². The highest BCUT2D eigenvalue weighted by molar-refractivity contribution is 6.03. The zero-order valence-corrected chi connectivity index (χ0v) is 17.8. The van der Waals surface area contributed by atoms with E-state index in [1.54, 1.807) is 16.9 Å². The van der Waals surface area contributed by atoms with Crippen molar-refractivity contribution >= 4 is 17.1 Å². The van der Waals surface area contributed by atoms with Gasteiger partial charge >= 0.3 is 0 Å². The van der Waals surface area contributed by atoms with E-state index in [0.717, 1.165) is 42.3 Å². The number of alkyl halides is 1. The topological polar surface area (TPSA) is 91.5 Å². The Kier molecular flexibility index (Phi) is 5.91. The molecular weight excluding hydrogens is 397 g/mol. The number of nitrogens with zero attached hydrogens (tertiary/aromatic N) is 3. The molecule has 3 aromatic heterocycles. The van der Waals surface area contributed by atoms with E-state index in [1.165, 1.54) is 20.0 Å². The maximum Gasteiger partial charge on any atom is 0.255 e. The first-order valence-electron chi connectivity index (χ1n) is 10.7. The molecule has 0 aromatic carbocycles. The van der Waals surface area contributed by atoms with Crippen LogP contribution in [-0.4, -0.2) is 50.0 Å². The lowest BCUT2D eigenvalue weighted by Gasteiger charge is -2.23. The minimum absolute atomic E-state index is 0.278. The molecule has 31 heavy (non-hydrogen) atoms. The lowest BCUT2D eigenvalue weighted by molar-refractivity contribution is -0.00177. The number of aliphatic hydroxyl groups is 1. The number of hydrogen-bond acceptors (Lipinski definition) is 5. The summed E-state index contributed by atoms with van der Waals surface area (Å²) in [4.78, 5) is 17.1. The standard InChI is InChI=1S/C23H28FN5O2/c1-23(2,31)20(24)13-26-22(30)18-12-27-29-14-16(15-6-5-9-25-11-15)10-19(29)21(18)28-17-7-3-4-8-17/h5-6,9-12,14,17,20,28,31H,3-4,7-8,13H2,1-2H3,(H,26,30). The summed E-state index contributed by atoms with van der Waals surface area (Å²) in [5, 5.41) is 20.4. The van der Waals surface area contributed by atoms with Gasteiger partial charge in [0, 0.05) is 35.8 Å². The molecule has 0 bridgehead atoms. The van der Waals surface area contributed by atoms with Crippen LogP contribution in [0.1, 0.15) is 49.9 Å². The number of anilines is 1. The molecule has 0 radical (unpaired) electrons. The molecule has 7 nitrogen and oxygen atoms in total. The summed E-state index contributed by atoms with van der Waals surface area (Å²) < 4.78 is 15.9. The average Bonchev–Trinajstić information content (AvgIpc) is 3.41. The Morgan fingerprint density at radius 1 is 1.32 bits per heavy atom. The molecule has 8 heteroatoms. The SMILES string of the molecule is CC(C)(O)C(F)CNC(=O)c1cnn2cc(-c3cccnc3)cc2c1NC1CCCC1. The molecule has 1 amide bonds. The van der Waals surface area contributed by atoms with Gasteiger partial charge in [-0.2, -0.15) is 5.10 Å². The summed E-state index contributed by atoms with van der Waals surface area (Å²) in [5.74, 6) is -0.425. The Labute approximate surface area is 180 Å². The molecule has 1 fully saturated rings. The predicted octanol–water partition coefficient (Wildman–Crippen LogP) is 3.59. The number of carbonyl (C=O) groups excluding carboxylic acids is 1. The number of hydrogen-bond donors (Lipinski definition) is 3. The van der Waals surface area contributed by atoms with Gasteiger partial charge in [-0.3, -0.25) is 9.78 Å². The lowest BCUT2D eigenvalue weighted by Crippen LogP contribution is -2.42. The fraction of sp³-hybridized carbons (Fsp3) is 0.435. The molecule has 164 valence electrons. The third-order valence-corrected chi connectivity index (χ3v) is 5.79. The van der Waals surface area contributed by atoms with E-state index in [1.807, 2.05) is 24.4 Å². The van der Waals surface area contributed by atoms with Crippen molar-refractivity contribution in [3.8, 4) is 11.1 Å². The van der Waals surface area contributed by atoms with E-state index in [9.17, 15) is 14.3 Å². The second-order valence-electron chi connectivity index (χ2n) is 8.69. The van der Waals surface area contributed by atoms with Crippen LogP contribution >= 0.6 is 0 Å². The van der Waals surface area contributed by atoms with Crippen LogP contribution in [0.3, 0.4) is 0 Å². The molecule has 0 spiro atoms. The van der Waals surface area contributed by atoms with Gasteiger partial charge in [-0.25, -0.2) is 8.91 Å². The molecule has 1 saturated carbocycles. The summed E-state index contributed by atoms with van der Waals surface area (Å²) in [6.07, 6.45) is 9.71. The van der Waals surface area contributed by atoms with Crippen molar-refractivity contribution < 1.29 is 14.3 Å². The van der Waals surface area contributed by atoms with Crippen LogP contribution in [0.4, 0.5) is 10.1 Å². The van der Waals surface area contributed by atoms with E-state index in [0.29, 0.717) is 11.3 Å². The smallest absolute Gasteiger partial charge is 0.255 e. The highest BCUT2D eigenvalue weighted by atomic mass is 19.1. The van der Waals surface area contributed by atoms with Gasteiger partial charge in [0.15, 0.2) is 0 Å². The number of amides is 1. The number of halogens is 1. The van der Waals surface area contributed by atoms with Crippen LogP contribution in [0.5, 0.6) is 0 Å². The lowest BCUT2D eigenvalue weighted by atomic mass is 10.0. The number of fused-ring (bicyclic) bond motifs is 1. The van der Waals surface area contributed by atoms with E-state index < -0.39 is 17.7 Å². The third-order valence-electron chi connectivity index (χ3n) is 5.79. The molecule has 4 rings (SSSR count). The van der Waals surface area contributed by atoms with E-state index in [-0.39, 0.29) is 12.6 Å². The van der Waals surface area contributed by atoms with Crippen molar-refractivity contribution in [1.82, 2.24) is 19.9 Å². The Morgan fingerprint density at radius 2 is 2.10 bits per heavy atom. The number of aromatic nitrogens is 3. The van der Waals surface area contributed by atoms with Crippen LogP contribution in [0, 0.1) is 0 Å². The first-order chi connectivity index (χ1) is 14.8. The highest BCUT2D eigenvalue weighted by Gasteiger charge is 2.28. The zero-order chi connectivity index (χ0) is 22.0. The molecule has 3 aromatic rings. The first-order valence-corrected chi connectivity index (χ1v) is 10.7. The third kappa shape index (κ3) is 4.69. The van der Waals surface area contributed by atoms with E-state index in [2.05, 4.69) is 20.7 Å². The Morgan fingerprint density at radius 3 is 2.77 bits per heavy atom.